The van der Waals surface area contributed by atoms with E-state index in [1.807, 2.05) is 32.9 Å². The van der Waals surface area contributed by atoms with Crippen molar-refractivity contribution in [1.82, 2.24) is 0 Å². The smallest absolute Gasteiger partial charge is 0.227 e. The van der Waals surface area contributed by atoms with Gasteiger partial charge in [0.1, 0.15) is 0 Å². The standard InChI is InChI=1S/C20H30N2O3/c1-4-10-20(25,11-5-2)13-18(23)22-17-12-16(9-6-14(17)3)21-19(24)15-7-8-15/h6,9,12,15,25H,4-5,7-8,10-11,13H2,1-3H3,(H,21,24)(H,22,23). The zero-order valence-corrected chi connectivity index (χ0v) is 15.5. The van der Waals surface area contributed by atoms with E-state index in [1.165, 1.54) is 0 Å². The lowest BCUT2D eigenvalue weighted by atomic mass is 9.89. The first-order chi connectivity index (χ1) is 11.9. The van der Waals surface area contributed by atoms with Gasteiger partial charge in [-0.1, -0.05) is 32.8 Å². The summed E-state index contributed by atoms with van der Waals surface area (Å²) in [6.07, 6.45) is 4.91. The van der Waals surface area contributed by atoms with E-state index in [1.54, 1.807) is 6.07 Å². The highest BCUT2D eigenvalue weighted by molar-refractivity contribution is 5.96. The molecule has 0 saturated heterocycles. The molecule has 3 N–H and O–H groups in total. The van der Waals surface area contributed by atoms with Gasteiger partial charge in [0.25, 0.3) is 0 Å². The second-order valence-corrected chi connectivity index (χ2v) is 7.24. The van der Waals surface area contributed by atoms with Crippen molar-refractivity contribution in [2.24, 2.45) is 5.92 Å². The molecule has 2 amide bonds. The average molecular weight is 346 g/mol. The Labute approximate surface area is 150 Å². The van der Waals surface area contributed by atoms with Gasteiger partial charge in [0.15, 0.2) is 0 Å². The summed E-state index contributed by atoms with van der Waals surface area (Å²) in [4.78, 5) is 24.3. The van der Waals surface area contributed by atoms with Crippen molar-refractivity contribution in [3.63, 3.8) is 0 Å². The monoisotopic (exact) mass is 346 g/mol. The molecule has 0 radical (unpaired) electrons. The van der Waals surface area contributed by atoms with Crippen molar-refractivity contribution < 1.29 is 14.7 Å². The summed E-state index contributed by atoms with van der Waals surface area (Å²) in [6.45, 7) is 5.93. The van der Waals surface area contributed by atoms with Crippen molar-refractivity contribution in [3.8, 4) is 0 Å². The van der Waals surface area contributed by atoms with E-state index < -0.39 is 5.60 Å². The maximum atomic E-state index is 12.4. The van der Waals surface area contributed by atoms with Crippen molar-refractivity contribution in [3.05, 3.63) is 23.8 Å². The first-order valence-corrected chi connectivity index (χ1v) is 9.30. The van der Waals surface area contributed by atoms with Crippen LogP contribution in [0.4, 0.5) is 11.4 Å². The van der Waals surface area contributed by atoms with Gasteiger partial charge in [0.05, 0.1) is 12.0 Å². The van der Waals surface area contributed by atoms with Crippen LogP contribution in [0.25, 0.3) is 0 Å². The maximum Gasteiger partial charge on any atom is 0.227 e. The number of amides is 2. The van der Waals surface area contributed by atoms with Crippen molar-refractivity contribution in [2.45, 2.75) is 71.3 Å². The zero-order valence-electron chi connectivity index (χ0n) is 15.5. The van der Waals surface area contributed by atoms with E-state index in [2.05, 4.69) is 10.6 Å². The average Bonchev–Trinajstić information content (AvgIpc) is 3.35. The highest BCUT2D eigenvalue weighted by Crippen LogP contribution is 2.31. The number of aryl methyl sites for hydroxylation is 1. The molecule has 1 aliphatic carbocycles. The molecule has 0 aliphatic heterocycles. The normalized spacial score (nSPS) is 14.2. The minimum absolute atomic E-state index is 0.0430. The van der Waals surface area contributed by atoms with Crippen molar-refractivity contribution in [1.29, 1.82) is 0 Å². The molecule has 138 valence electrons. The molecule has 1 aromatic carbocycles. The lowest BCUT2D eigenvalue weighted by Gasteiger charge is -2.27. The van der Waals surface area contributed by atoms with Crippen LogP contribution >= 0.6 is 0 Å². The molecule has 0 aromatic heterocycles. The predicted molar refractivity (Wildman–Crippen MR) is 101 cm³/mol. The van der Waals surface area contributed by atoms with Gasteiger partial charge >= 0.3 is 0 Å². The SMILES string of the molecule is CCCC(O)(CCC)CC(=O)Nc1cc(NC(=O)C2CC2)ccc1C. The Morgan fingerprint density at radius 2 is 1.80 bits per heavy atom. The predicted octanol–water partition coefficient (Wildman–Crippen LogP) is 4.00. The topological polar surface area (TPSA) is 78.4 Å². The van der Waals surface area contributed by atoms with Gasteiger partial charge < -0.3 is 15.7 Å². The van der Waals surface area contributed by atoms with Crippen molar-refractivity contribution >= 4 is 23.2 Å². The van der Waals surface area contributed by atoms with E-state index >= 15 is 0 Å². The summed E-state index contributed by atoms with van der Waals surface area (Å²) in [6, 6.07) is 5.50. The van der Waals surface area contributed by atoms with Gasteiger partial charge in [0, 0.05) is 17.3 Å². The Bertz CT molecular complexity index is 617. The van der Waals surface area contributed by atoms with E-state index in [4.69, 9.17) is 0 Å². The lowest BCUT2D eigenvalue weighted by molar-refractivity contribution is -0.121. The molecule has 0 spiro atoms. The molecule has 0 atom stereocenters. The van der Waals surface area contributed by atoms with E-state index in [0.29, 0.717) is 24.2 Å². The summed E-state index contributed by atoms with van der Waals surface area (Å²) < 4.78 is 0. The van der Waals surface area contributed by atoms with Crippen LogP contribution in [0.15, 0.2) is 18.2 Å². The Balaban J connectivity index is 2.02. The van der Waals surface area contributed by atoms with Crippen LogP contribution in [0.2, 0.25) is 0 Å². The molecular formula is C20H30N2O3. The fourth-order valence-corrected chi connectivity index (χ4v) is 3.15. The Morgan fingerprint density at radius 1 is 1.16 bits per heavy atom. The Hall–Kier alpha value is -1.88. The molecule has 1 aromatic rings. The van der Waals surface area contributed by atoms with Gasteiger partial charge in [-0.15, -0.1) is 0 Å². The fraction of sp³-hybridized carbons (Fsp3) is 0.600. The lowest BCUT2D eigenvalue weighted by Crippen LogP contribution is -2.34. The van der Waals surface area contributed by atoms with Crippen LogP contribution in [0.1, 0.15) is 64.4 Å². The van der Waals surface area contributed by atoms with Crippen LogP contribution in [0.5, 0.6) is 0 Å². The Kier molecular flexibility index (Phi) is 6.59. The number of anilines is 2. The summed E-state index contributed by atoms with van der Waals surface area (Å²) >= 11 is 0. The van der Waals surface area contributed by atoms with Crippen LogP contribution in [0.3, 0.4) is 0 Å². The van der Waals surface area contributed by atoms with Gasteiger partial charge in [-0.25, -0.2) is 0 Å². The third-order valence-electron chi connectivity index (χ3n) is 4.65. The molecule has 5 nitrogen and oxygen atoms in total. The van der Waals surface area contributed by atoms with Crippen LogP contribution < -0.4 is 10.6 Å². The number of aliphatic hydroxyl groups is 1. The number of rotatable bonds is 9. The summed E-state index contributed by atoms with van der Waals surface area (Å²) in [5, 5.41) is 16.4. The summed E-state index contributed by atoms with van der Waals surface area (Å²) in [7, 11) is 0. The quantitative estimate of drug-likeness (QED) is 0.632. The molecular weight excluding hydrogens is 316 g/mol. The number of hydrogen-bond donors (Lipinski definition) is 3. The maximum absolute atomic E-state index is 12.4. The minimum atomic E-state index is -0.945. The number of carbonyl (C=O) groups is 2. The molecule has 1 aliphatic rings. The van der Waals surface area contributed by atoms with Crippen molar-refractivity contribution in [2.75, 3.05) is 10.6 Å². The molecule has 0 bridgehead atoms. The van der Waals surface area contributed by atoms with Crippen LogP contribution in [0, 0.1) is 12.8 Å². The summed E-state index contributed by atoms with van der Waals surface area (Å²) in [5.41, 5.74) is 1.34. The van der Waals surface area contributed by atoms with E-state index in [9.17, 15) is 14.7 Å². The zero-order chi connectivity index (χ0) is 18.4. The second-order valence-electron chi connectivity index (χ2n) is 7.24. The first-order valence-electron chi connectivity index (χ1n) is 9.30. The molecule has 0 unspecified atom stereocenters. The van der Waals surface area contributed by atoms with Gasteiger partial charge in [-0.05, 0) is 50.3 Å². The number of benzene rings is 1. The summed E-state index contributed by atoms with van der Waals surface area (Å²) in [5.74, 6) is -0.0167. The first kappa shape index (κ1) is 19.4. The molecule has 1 fully saturated rings. The molecule has 5 heteroatoms. The molecule has 1 saturated carbocycles. The highest BCUT2D eigenvalue weighted by atomic mass is 16.3. The fourth-order valence-electron chi connectivity index (χ4n) is 3.15. The van der Waals surface area contributed by atoms with Gasteiger partial charge in [-0.2, -0.15) is 0 Å². The molecule has 2 rings (SSSR count). The second kappa shape index (κ2) is 8.48. The minimum Gasteiger partial charge on any atom is -0.389 e. The van der Waals surface area contributed by atoms with E-state index in [0.717, 1.165) is 31.2 Å². The van der Waals surface area contributed by atoms with Gasteiger partial charge in [0.2, 0.25) is 11.8 Å². The Morgan fingerprint density at radius 3 is 2.36 bits per heavy atom. The number of carbonyl (C=O) groups excluding carboxylic acids is 2. The van der Waals surface area contributed by atoms with E-state index in [-0.39, 0.29) is 24.2 Å². The largest absolute Gasteiger partial charge is 0.389 e. The third-order valence-corrected chi connectivity index (χ3v) is 4.65. The number of nitrogens with one attached hydrogen (secondary N) is 2. The molecule has 25 heavy (non-hydrogen) atoms. The van der Waals surface area contributed by atoms with Gasteiger partial charge in [-0.3, -0.25) is 9.59 Å². The van der Waals surface area contributed by atoms with Crippen LogP contribution in [-0.2, 0) is 9.59 Å². The number of hydrogen-bond acceptors (Lipinski definition) is 3. The third kappa shape index (κ3) is 5.85. The highest BCUT2D eigenvalue weighted by Gasteiger charge is 2.30. The molecule has 0 heterocycles. The van der Waals surface area contributed by atoms with Crippen LogP contribution in [-0.4, -0.2) is 22.5 Å².